The summed E-state index contributed by atoms with van der Waals surface area (Å²) in [6, 6.07) is 1.33. The molecule has 0 unspecified atom stereocenters. The molecule has 0 radical (unpaired) electrons. The summed E-state index contributed by atoms with van der Waals surface area (Å²) in [4.78, 5) is 54.5. The monoisotopic (exact) mass is 543 g/mol. The van der Waals surface area contributed by atoms with Gasteiger partial charge in [0.15, 0.2) is 0 Å². The average molecular weight is 544 g/mol. The number of likely N-dealkylation sites (tertiary alicyclic amines) is 1. The fraction of sp³-hybridized carbons (Fsp3) is 0.643. The number of hydrogen-bond donors (Lipinski definition) is 2. The molecule has 0 aromatic carbocycles. The molecule has 0 spiro atoms. The van der Waals surface area contributed by atoms with Gasteiger partial charge in [-0.3, -0.25) is 9.59 Å². The highest BCUT2D eigenvalue weighted by atomic mass is 32.1. The lowest BCUT2D eigenvalue weighted by molar-refractivity contribution is -0.124. The van der Waals surface area contributed by atoms with Gasteiger partial charge in [0.25, 0.3) is 0 Å². The van der Waals surface area contributed by atoms with Crippen molar-refractivity contribution in [2.75, 3.05) is 24.5 Å². The highest BCUT2D eigenvalue weighted by Gasteiger charge is 2.40. The van der Waals surface area contributed by atoms with Crippen molar-refractivity contribution >= 4 is 40.9 Å². The summed E-state index contributed by atoms with van der Waals surface area (Å²) in [6.07, 6.45) is 3.07. The van der Waals surface area contributed by atoms with Crippen LogP contribution in [0.25, 0.3) is 0 Å². The Kier molecular flexibility index (Phi) is 8.36. The second-order valence-corrected chi connectivity index (χ2v) is 12.7. The predicted octanol–water partition coefficient (Wildman–Crippen LogP) is 4.10. The first-order chi connectivity index (χ1) is 17.9. The van der Waals surface area contributed by atoms with Crippen molar-refractivity contribution in [1.29, 1.82) is 0 Å². The number of carboxylic acid groups (broad SMARTS) is 1. The highest BCUT2D eigenvalue weighted by molar-refractivity contribution is 7.15. The molecule has 2 aliphatic heterocycles. The van der Waals surface area contributed by atoms with Crippen molar-refractivity contribution in [2.24, 2.45) is 17.3 Å². The number of rotatable bonds is 5. The Hall–Kier alpha value is -3.06. The van der Waals surface area contributed by atoms with E-state index in [1.165, 1.54) is 0 Å². The fourth-order valence-corrected chi connectivity index (χ4v) is 6.06. The number of anilines is 1. The first kappa shape index (κ1) is 28.0. The Bertz CT molecular complexity index is 1150. The van der Waals surface area contributed by atoms with Crippen LogP contribution in [0.2, 0.25) is 0 Å². The van der Waals surface area contributed by atoms with Crippen LogP contribution in [0.4, 0.5) is 10.5 Å². The van der Waals surface area contributed by atoms with Crippen LogP contribution in [0.3, 0.4) is 0 Å². The number of carboxylic acids is 1. The van der Waals surface area contributed by atoms with Gasteiger partial charge in [-0.05, 0) is 64.9 Å². The van der Waals surface area contributed by atoms with Gasteiger partial charge in [-0.25, -0.2) is 9.59 Å². The quantitative estimate of drug-likeness (QED) is 0.540. The molecule has 3 heterocycles. The first-order valence-corrected chi connectivity index (χ1v) is 14.2. The van der Waals surface area contributed by atoms with Crippen molar-refractivity contribution in [2.45, 2.75) is 78.4 Å². The van der Waals surface area contributed by atoms with Gasteiger partial charge in [0, 0.05) is 24.4 Å². The van der Waals surface area contributed by atoms with Crippen molar-refractivity contribution in [3.8, 4) is 11.8 Å². The van der Waals surface area contributed by atoms with Crippen LogP contribution in [0, 0.1) is 29.1 Å². The van der Waals surface area contributed by atoms with Gasteiger partial charge in [0.2, 0.25) is 11.8 Å². The minimum atomic E-state index is -1.10. The van der Waals surface area contributed by atoms with E-state index < -0.39 is 18.2 Å². The van der Waals surface area contributed by atoms with E-state index in [1.54, 1.807) is 15.9 Å². The lowest BCUT2D eigenvalue weighted by Gasteiger charge is -2.34. The molecule has 1 aromatic rings. The number of amides is 3. The van der Waals surface area contributed by atoms with Crippen molar-refractivity contribution < 1.29 is 29.0 Å². The topological polar surface area (TPSA) is 116 Å². The van der Waals surface area contributed by atoms with Gasteiger partial charge >= 0.3 is 12.1 Å². The Morgan fingerprint density at radius 2 is 1.89 bits per heavy atom. The molecule has 3 amide bonds. The Morgan fingerprint density at radius 3 is 2.50 bits per heavy atom. The maximum absolute atomic E-state index is 14.0. The molecule has 2 N–H and O–H groups in total. The zero-order chi connectivity index (χ0) is 27.6. The van der Waals surface area contributed by atoms with E-state index in [1.807, 2.05) is 20.8 Å². The molecular formula is C28H37N3O6S. The van der Waals surface area contributed by atoms with E-state index in [2.05, 4.69) is 24.1 Å². The number of thiophene rings is 1. The summed E-state index contributed by atoms with van der Waals surface area (Å²) < 4.78 is 5.51. The average Bonchev–Trinajstić information content (AvgIpc) is 3.58. The Balaban J connectivity index is 1.61. The third-order valence-electron chi connectivity index (χ3n) is 7.32. The van der Waals surface area contributed by atoms with Gasteiger partial charge in [-0.1, -0.05) is 18.8 Å². The summed E-state index contributed by atoms with van der Waals surface area (Å²) in [5, 5.41) is 12.7. The summed E-state index contributed by atoms with van der Waals surface area (Å²) in [5.41, 5.74) is 0.100. The molecule has 206 valence electrons. The largest absolute Gasteiger partial charge is 0.477 e. The van der Waals surface area contributed by atoms with Gasteiger partial charge in [-0.15, -0.1) is 11.3 Å². The zero-order valence-corrected chi connectivity index (χ0v) is 23.4. The lowest BCUT2D eigenvalue weighted by atomic mass is 9.82. The normalized spacial score (nSPS) is 25.4. The number of nitrogens with one attached hydrogen (secondary N) is 1. The van der Waals surface area contributed by atoms with Crippen LogP contribution in [-0.2, 0) is 14.3 Å². The second kappa shape index (κ2) is 11.4. The summed E-state index contributed by atoms with van der Waals surface area (Å²) in [6.45, 7) is 9.05. The van der Waals surface area contributed by atoms with Crippen LogP contribution in [0.1, 0.15) is 80.8 Å². The molecule has 9 nitrogen and oxygen atoms in total. The number of aromatic carboxylic acids is 1. The lowest BCUT2D eigenvalue weighted by Crippen LogP contribution is -2.47. The van der Waals surface area contributed by atoms with Crippen LogP contribution in [0.15, 0.2) is 6.07 Å². The molecule has 3 aliphatic rings. The maximum atomic E-state index is 14.0. The minimum absolute atomic E-state index is 0.0808. The Labute approximate surface area is 227 Å². The standard InChI is InChI=1S/C28H37N3O6S/c1-17-5-7-18(8-6-17)25(33)31(22-14-21(9-11-28(2,3)4)38-24(22)26(34)35)19-10-12-30(16-19)27(36)37-20-13-23(32)29-15-20/h14,17-20H,5-8,10,12-13,15-16H2,1-4H3,(H,29,32)(H,34,35)/t17-,18-,19-,20-/m0/s1. The third-order valence-corrected chi connectivity index (χ3v) is 8.35. The van der Waals surface area contributed by atoms with Crippen LogP contribution >= 0.6 is 11.3 Å². The summed E-state index contributed by atoms with van der Waals surface area (Å²) in [7, 11) is 0. The van der Waals surface area contributed by atoms with E-state index in [-0.39, 0.29) is 47.0 Å². The number of carbonyl (C=O) groups is 4. The Morgan fingerprint density at radius 1 is 1.18 bits per heavy atom. The van der Waals surface area contributed by atoms with E-state index in [0.29, 0.717) is 36.0 Å². The van der Waals surface area contributed by atoms with Crippen LogP contribution < -0.4 is 10.2 Å². The molecule has 3 fully saturated rings. The minimum Gasteiger partial charge on any atom is -0.477 e. The molecule has 10 heteroatoms. The predicted molar refractivity (Wildman–Crippen MR) is 144 cm³/mol. The summed E-state index contributed by atoms with van der Waals surface area (Å²) in [5.74, 6) is 5.28. The van der Waals surface area contributed by atoms with Crippen LogP contribution in [-0.4, -0.2) is 65.7 Å². The number of carbonyl (C=O) groups excluding carboxylic acids is 3. The number of ether oxygens (including phenoxy) is 1. The molecule has 4 rings (SSSR count). The van der Waals surface area contributed by atoms with E-state index in [4.69, 9.17) is 4.74 Å². The molecular weight excluding hydrogens is 506 g/mol. The summed E-state index contributed by atoms with van der Waals surface area (Å²) >= 11 is 1.08. The van der Waals surface area contributed by atoms with Gasteiger partial charge in [-0.2, -0.15) is 0 Å². The maximum Gasteiger partial charge on any atom is 0.410 e. The molecule has 38 heavy (non-hydrogen) atoms. The molecule has 2 atom stereocenters. The van der Waals surface area contributed by atoms with E-state index in [9.17, 15) is 24.3 Å². The van der Waals surface area contributed by atoms with E-state index in [0.717, 1.165) is 37.0 Å². The number of hydrogen-bond acceptors (Lipinski definition) is 6. The molecule has 1 saturated carbocycles. The first-order valence-electron chi connectivity index (χ1n) is 13.4. The van der Waals surface area contributed by atoms with Crippen molar-refractivity contribution in [3.05, 3.63) is 15.8 Å². The number of nitrogens with zero attached hydrogens (tertiary/aromatic N) is 2. The zero-order valence-electron chi connectivity index (χ0n) is 22.5. The molecule has 2 saturated heterocycles. The molecule has 1 aliphatic carbocycles. The third kappa shape index (κ3) is 6.68. The highest BCUT2D eigenvalue weighted by Crippen LogP contribution is 2.38. The van der Waals surface area contributed by atoms with E-state index >= 15 is 0 Å². The van der Waals surface area contributed by atoms with Crippen LogP contribution in [0.5, 0.6) is 0 Å². The SMILES string of the molecule is CC(C)(C)C#Cc1cc(N(C(=O)[C@H]2CC[C@H](C)CC2)[C@H]2CCN(C(=O)O[C@@H]3CNC(=O)C3)C2)c(C(=O)O)s1. The van der Waals surface area contributed by atoms with Gasteiger partial charge in [0.1, 0.15) is 11.0 Å². The smallest absolute Gasteiger partial charge is 0.410 e. The van der Waals surface area contributed by atoms with Crippen molar-refractivity contribution in [3.63, 3.8) is 0 Å². The van der Waals surface area contributed by atoms with Gasteiger partial charge < -0.3 is 25.0 Å². The second-order valence-electron chi connectivity index (χ2n) is 11.7. The van der Waals surface area contributed by atoms with Gasteiger partial charge in [0.05, 0.1) is 29.6 Å². The van der Waals surface area contributed by atoms with Crippen molar-refractivity contribution in [1.82, 2.24) is 10.2 Å². The fourth-order valence-electron chi connectivity index (χ4n) is 5.22. The molecule has 0 bridgehead atoms. The molecule has 1 aromatic heterocycles.